The zero-order valence-electron chi connectivity index (χ0n) is 14.8. The molecular weight excluding hydrogens is 316 g/mol. The lowest BCUT2D eigenvalue weighted by atomic mass is 10.2. The number of nitrogens with one attached hydrogen (secondary N) is 1. The maximum absolute atomic E-state index is 4.34. The number of aromatic nitrogens is 1. The van der Waals surface area contributed by atoms with E-state index in [4.69, 9.17) is 0 Å². The molecule has 1 aromatic heterocycles. The Morgan fingerprint density at radius 3 is 2.67 bits per heavy atom. The first-order valence-electron chi connectivity index (χ1n) is 8.91. The minimum atomic E-state index is 1.02. The molecule has 1 fully saturated rings. The van der Waals surface area contributed by atoms with E-state index in [-0.39, 0.29) is 0 Å². The Balaban J connectivity index is 1.31. The Labute approximate surface area is 149 Å². The summed E-state index contributed by atoms with van der Waals surface area (Å²) in [6, 6.07) is 8.85. The Bertz CT molecular complexity index is 632. The van der Waals surface area contributed by atoms with Crippen LogP contribution in [0.1, 0.15) is 23.3 Å². The molecule has 2 heterocycles. The van der Waals surface area contributed by atoms with E-state index in [2.05, 4.69) is 58.2 Å². The van der Waals surface area contributed by atoms with E-state index in [1.54, 1.807) is 11.3 Å². The molecule has 24 heavy (non-hydrogen) atoms. The Morgan fingerprint density at radius 2 is 1.96 bits per heavy atom. The molecule has 0 unspecified atom stereocenters. The summed E-state index contributed by atoms with van der Waals surface area (Å²) in [7, 11) is 0. The lowest BCUT2D eigenvalue weighted by molar-refractivity contribution is 0.254. The van der Waals surface area contributed by atoms with Crippen LogP contribution in [-0.4, -0.2) is 49.2 Å². The molecule has 0 radical (unpaired) electrons. The highest BCUT2D eigenvalue weighted by Gasteiger charge is 2.16. The van der Waals surface area contributed by atoms with E-state index in [0.29, 0.717) is 0 Å². The second-order valence-electron chi connectivity index (χ2n) is 6.58. The summed E-state index contributed by atoms with van der Waals surface area (Å²) in [5.41, 5.74) is 2.72. The number of nitrogens with zero attached hydrogens (tertiary/aromatic N) is 3. The zero-order chi connectivity index (χ0) is 16.8. The maximum atomic E-state index is 4.34. The van der Waals surface area contributed by atoms with Crippen molar-refractivity contribution in [3.63, 3.8) is 0 Å². The summed E-state index contributed by atoms with van der Waals surface area (Å²) in [4.78, 5) is 10.7. The third-order valence-corrected chi connectivity index (χ3v) is 5.41. The highest BCUT2D eigenvalue weighted by atomic mass is 32.1. The summed E-state index contributed by atoms with van der Waals surface area (Å²) in [5.74, 6) is 0. The van der Waals surface area contributed by atoms with E-state index in [1.165, 1.54) is 48.6 Å². The van der Waals surface area contributed by atoms with Crippen LogP contribution in [-0.2, 0) is 0 Å². The van der Waals surface area contributed by atoms with Gasteiger partial charge in [-0.1, -0.05) is 12.1 Å². The average molecular weight is 345 g/mol. The van der Waals surface area contributed by atoms with Crippen molar-refractivity contribution in [1.82, 2.24) is 9.88 Å². The molecule has 4 nitrogen and oxygen atoms in total. The molecule has 3 rings (SSSR count). The SMILES string of the molecule is Cc1cccc(N2CCN(CCCCNc3ncc(C)s3)CC2)c1. The van der Waals surface area contributed by atoms with Gasteiger partial charge in [0.2, 0.25) is 0 Å². The van der Waals surface area contributed by atoms with Gasteiger partial charge in [-0.15, -0.1) is 11.3 Å². The van der Waals surface area contributed by atoms with Gasteiger partial charge in [-0.25, -0.2) is 4.98 Å². The monoisotopic (exact) mass is 344 g/mol. The lowest BCUT2D eigenvalue weighted by Gasteiger charge is -2.36. The van der Waals surface area contributed by atoms with Gasteiger partial charge in [-0.05, 0) is 50.9 Å². The number of thiazole rings is 1. The van der Waals surface area contributed by atoms with Gasteiger partial charge < -0.3 is 10.2 Å². The second-order valence-corrected chi connectivity index (χ2v) is 7.81. The summed E-state index contributed by atoms with van der Waals surface area (Å²) in [6.07, 6.45) is 4.39. The molecule has 0 amide bonds. The van der Waals surface area contributed by atoms with Gasteiger partial charge in [0, 0.05) is 49.5 Å². The fraction of sp³-hybridized carbons (Fsp3) is 0.526. The highest BCUT2D eigenvalue weighted by molar-refractivity contribution is 7.15. The summed E-state index contributed by atoms with van der Waals surface area (Å²) >= 11 is 1.73. The molecule has 1 aromatic carbocycles. The third kappa shape index (κ3) is 4.95. The number of piperazine rings is 1. The minimum absolute atomic E-state index is 1.02. The summed E-state index contributed by atoms with van der Waals surface area (Å²) in [6.45, 7) is 11.1. The van der Waals surface area contributed by atoms with Gasteiger partial charge in [0.25, 0.3) is 0 Å². The number of rotatable bonds is 7. The predicted octanol–water partition coefficient (Wildman–Crippen LogP) is 3.77. The molecule has 5 heteroatoms. The first kappa shape index (κ1) is 17.2. The number of hydrogen-bond acceptors (Lipinski definition) is 5. The highest BCUT2D eigenvalue weighted by Crippen LogP contribution is 2.18. The van der Waals surface area contributed by atoms with Crippen LogP contribution < -0.4 is 10.2 Å². The molecular formula is C19H28N4S. The molecule has 0 aliphatic carbocycles. The van der Waals surface area contributed by atoms with Crippen molar-refractivity contribution >= 4 is 22.2 Å². The van der Waals surface area contributed by atoms with Crippen LogP contribution in [0.3, 0.4) is 0 Å². The molecule has 1 aliphatic rings. The predicted molar refractivity (Wildman–Crippen MR) is 104 cm³/mol. The molecule has 1 N–H and O–H groups in total. The van der Waals surface area contributed by atoms with Crippen molar-refractivity contribution in [2.45, 2.75) is 26.7 Å². The molecule has 0 saturated carbocycles. The van der Waals surface area contributed by atoms with Gasteiger partial charge >= 0.3 is 0 Å². The summed E-state index contributed by atoms with van der Waals surface area (Å²) in [5, 5.41) is 4.47. The first-order valence-corrected chi connectivity index (χ1v) is 9.72. The van der Waals surface area contributed by atoms with Crippen LogP contribution in [0, 0.1) is 13.8 Å². The number of hydrogen-bond donors (Lipinski definition) is 1. The van der Waals surface area contributed by atoms with E-state index in [0.717, 1.165) is 24.8 Å². The molecule has 130 valence electrons. The quantitative estimate of drug-likeness (QED) is 0.775. The van der Waals surface area contributed by atoms with E-state index < -0.39 is 0 Å². The van der Waals surface area contributed by atoms with Crippen LogP contribution in [0.15, 0.2) is 30.5 Å². The van der Waals surface area contributed by atoms with Crippen LogP contribution >= 0.6 is 11.3 Å². The van der Waals surface area contributed by atoms with Gasteiger partial charge in [0.1, 0.15) is 0 Å². The Morgan fingerprint density at radius 1 is 1.12 bits per heavy atom. The van der Waals surface area contributed by atoms with Crippen molar-refractivity contribution < 1.29 is 0 Å². The maximum Gasteiger partial charge on any atom is 0.182 e. The average Bonchev–Trinajstić information content (AvgIpc) is 3.00. The third-order valence-electron chi connectivity index (χ3n) is 4.54. The van der Waals surface area contributed by atoms with Crippen molar-refractivity contribution in [2.75, 3.05) is 49.5 Å². The van der Waals surface area contributed by atoms with Crippen molar-refractivity contribution in [3.05, 3.63) is 40.9 Å². The van der Waals surface area contributed by atoms with Crippen LogP contribution in [0.4, 0.5) is 10.8 Å². The van der Waals surface area contributed by atoms with E-state index >= 15 is 0 Å². The molecule has 0 atom stereocenters. The Hall–Kier alpha value is -1.59. The standard InChI is InChI=1S/C19H28N4S/c1-16-6-5-7-18(14-16)23-12-10-22(11-13-23)9-4-3-8-20-19-21-15-17(2)24-19/h5-7,14-15H,3-4,8-13H2,1-2H3,(H,20,21). The minimum Gasteiger partial charge on any atom is -0.369 e. The fourth-order valence-electron chi connectivity index (χ4n) is 3.15. The van der Waals surface area contributed by atoms with Crippen molar-refractivity contribution in [1.29, 1.82) is 0 Å². The number of benzene rings is 1. The van der Waals surface area contributed by atoms with Crippen LogP contribution in [0.2, 0.25) is 0 Å². The van der Waals surface area contributed by atoms with E-state index in [1.807, 2.05) is 6.20 Å². The van der Waals surface area contributed by atoms with Gasteiger partial charge in [-0.3, -0.25) is 4.90 Å². The number of unbranched alkanes of at least 4 members (excludes halogenated alkanes) is 1. The molecule has 1 saturated heterocycles. The Kier molecular flexibility index (Phi) is 6.10. The zero-order valence-corrected chi connectivity index (χ0v) is 15.6. The summed E-state index contributed by atoms with van der Waals surface area (Å²) < 4.78 is 0. The van der Waals surface area contributed by atoms with Gasteiger partial charge in [-0.2, -0.15) is 0 Å². The molecule has 2 aromatic rings. The van der Waals surface area contributed by atoms with Crippen LogP contribution in [0.5, 0.6) is 0 Å². The second kappa shape index (κ2) is 8.49. The van der Waals surface area contributed by atoms with Gasteiger partial charge in [0.15, 0.2) is 5.13 Å². The first-order chi connectivity index (χ1) is 11.7. The van der Waals surface area contributed by atoms with Gasteiger partial charge in [0.05, 0.1) is 0 Å². The van der Waals surface area contributed by atoms with Crippen LogP contribution in [0.25, 0.3) is 0 Å². The van der Waals surface area contributed by atoms with Crippen molar-refractivity contribution in [2.24, 2.45) is 0 Å². The molecule has 0 spiro atoms. The lowest BCUT2D eigenvalue weighted by Crippen LogP contribution is -2.46. The molecule has 1 aliphatic heterocycles. The largest absolute Gasteiger partial charge is 0.369 e. The number of aryl methyl sites for hydroxylation is 2. The van der Waals surface area contributed by atoms with E-state index in [9.17, 15) is 0 Å². The van der Waals surface area contributed by atoms with Crippen molar-refractivity contribution in [3.8, 4) is 0 Å². The fourth-order valence-corrected chi connectivity index (χ4v) is 3.84. The molecule has 0 bridgehead atoms. The topological polar surface area (TPSA) is 31.4 Å². The normalized spacial score (nSPS) is 15.7. The smallest absolute Gasteiger partial charge is 0.182 e. The number of anilines is 2.